The van der Waals surface area contributed by atoms with Crippen LogP contribution in [0.3, 0.4) is 0 Å². The monoisotopic (exact) mass is 453 g/mol. The van der Waals surface area contributed by atoms with Crippen LogP contribution in [0.5, 0.6) is 0 Å². The number of nitrogens with zero attached hydrogens (tertiary/aromatic N) is 1. The largest absolute Gasteiger partial charge is 0.353 e. The van der Waals surface area contributed by atoms with Crippen molar-refractivity contribution < 1.29 is 9.59 Å². The van der Waals surface area contributed by atoms with E-state index in [0.29, 0.717) is 25.2 Å². The Hall–Kier alpha value is -2.18. The van der Waals surface area contributed by atoms with Crippen molar-refractivity contribution in [2.75, 3.05) is 14.1 Å². The number of nitrogens with one attached hydrogen (secondary N) is 2. The van der Waals surface area contributed by atoms with Gasteiger partial charge in [0, 0.05) is 35.7 Å². The summed E-state index contributed by atoms with van der Waals surface area (Å²) >= 11 is 1.83. The zero-order valence-electron chi connectivity index (χ0n) is 19.2. The predicted molar refractivity (Wildman–Crippen MR) is 130 cm³/mol. The lowest BCUT2D eigenvalue weighted by atomic mass is 9.77. The van der Waals surface area contributed by atoms with E-state index in [-0.39, 0.29) is 29.4 Å². The second-order valence-corrected chi connectivity index (χ2v) is 10.5. The molecule has 2 saturated carbocycles. The Bertz CT molecular complexity index is 889. The maximum Gasteiger partial charge on any atom is 0.220 e. The van der Waals surface area contributed by atoms with E-state index in [1.807, 2.05) is 29.5 Å². The quantitative estimate of drug-likeness (QED) is 0.591. The molecule has 0 bridgehead atoms. The first-order chi connectivity index (χ1) is 15.5. The van der Waals surface area contributed by atoms with E-state index >= 15 is 0 Å². The van der Waals surface area contributed by atoms with Crippen LogP contribution in [0, 0.1) is 0 Å². The van der Waals surface area contributed by atoms with E-state index in [2.05, 4.69) is 59.3 Å². The van der Waals surface area contributed by atoms with Gasteiger partial charge in [0.05, 0.1) is 5.54 Å². The second-order valence-electron chi connectivity index (χ2n) is 9.53. The third kappa shape index (κ3) is 5.41. The zero-order chi connectivity index (χ0) is 22.6. The number of carbonyl (C=O) groups excluding carboxylic acids is 2. The van der Waals surface area contributed by atoms with Gasteiger partial charge in [-0.05, 0) is 69.6 Å². The zero-order valence-corrected chi connectivity index (χ0v) is 20.0. The number of hydrogen-bond acceptors (Lipinski definition) is 4. The highest BCUT2D eigenvalue weighted by atomic mass is 32.1. The van der Waals surface area contributed by atoms with Crippen LogP contribution in [0.1, 0.15) is 67.7 Å². The minimum Gasteiger partial charge on any atom is -0.353 e. The molecule has 0 saturated heterocycles. The van der Waals surface area contributed by atoms with Crippen molar-refractivity contribution in [3.8, 4) is 0 Å². The SMILES string of the molecule is CN(C)C1(c2cccs2)CCC(NC(=O)CCCC(=O)NC2CC2c2ccccc2)CC1. The van der Waals surface area contributed by atoms with Crippen molar-refractivity contribution in [2.45, 2.75) is 74.9 Å². The first-order valence-corrected chi connectivity index (χ1v) is 12.7. The molecule has 4 rings (SSSR count). The Morgan fingerprint density at radius 3 is 2.31 bits per heavy atom. The molecular formula is C26H35N3O2S. The molecular weight excluding hydrogens is 418 g/mol. The van der Waals surface area contributed by atoms with E-state index in [1.54, 1.807) is 0 Å². The fraction of sp³-hybridized carbons (Fsp3) is 0.538. The van der Waals surface area contributed by atoms with Gasteiger partial charge in [0.15, 0.2) is 0 Å². The highest BCUT2D eigenvalue weighted by Crippen LogP contribution is 2.43. The Balaban J connectivity index is 1.14. The van der Waals surface area contributed by atoms with Gasteiger partial charge < -0.3 is 10.6 Å². The summed E-state index contributed by atoms with van der Waals surface area (Å²) < 4.78 is 0. The summed E-state index contributed by atoms with van der Waals surface area (Å²) in [5.41, 5.74) is 1.38. The normalized spacial score (nSPS) is 27.2. The van der Waals surface area contributed by atoms with Crippen LogP contribution < -0.4 is 10.6 Å². The maximum absolute atomic E-state index is 12.4. The molecule has 2 amide bonds. The van der Waals surface area contributed by atoms with Gasteiger partial charge in [-0.25, -0.2) is 0 Å². The van der Waals surface area contributed by atoms with E-state index in [4.69, 9.17) is 0 Å². The van der Waals surface area contributed by atoms with Crippen molar-refractivity contribution in [3.05, 3.63) is 58.3 Å². The minimum absolute atomic E-state index is 0.0608. The van der Waals surface area contributed by atoms with Gasteiger partial charge in [0.1, 0.15) is 0 Å². The molecule has 1 heterocycles. The first-order valence-electron chi connectivity index (χ1n) is 11.8. The fourth-order valence-electron chi connectivity index (χ4n) is 5.11. The van der Waals surface area contributed by atoms with Gasteiger partial charge in [-0.15, -0.1) is 11.3 Å². The summed E-state index contributed by atoms with van der Waals surface area (Å²) in [6.07, 6.45) is 6.53. The molecule has 2 N–H and O–H groups in total. The van der Waals surface area contributed by atoms with Gasteiger partial charge >= 0.3 is 0 Å². The van der Waals surface area contributed by atoms with Crippen LogP contribution in [0.15, 0.2) is 47.8 Å². The maximum atomic E-state index is 12.4. The highest BCUT2D eigenvalue weighted by molar-refractivity contribution is 7.10. The Labute approximate surface area is 195 Å². The van der Waals surface area contributed by atoms with Crippen molar-refractivity contribution in [1.29, 1.82) is 0 Å². The van der Waals surface area contributed by atoms with Gasteiger partial charge in [-0.1, -0.05) is 36.4 Å². The smallest absolute Gasteiger partial charge is 0.220 e. The molecule has 1 aromatic heterocycles. The molecule has 2 aromatic rings. The van der Waals surface area contributed by atoms with Crippen molar-refractivity contribution in [3.63, 3.8) is 0 Å². The minimum atomic E-state index is 0.0608. The van der Waals surface area contributed by atoms with Crippen LogP contribution in [-0.2, 0) is 15.1 Å². The molecule has 1 aromatic carbocycles. The second kappa shape index (κ2) is 10.2. The number of benzene rings is 1. The summed E-state index contributed by atoms with van der Waals surface area (Å²) in [7, 11) is 4.32. The van der Waals surface area contributed by atoms with Gasteiger partial charge in [-0.2, -0.15) is 0 Å². The number of rotatable bonds is 9. The fourth-order valence-corrected chi connectivity index (χ4v) is 6.18. The van der Waals surface area contributed by atoms with Crippen molar-refractivity contribution in [1.82, 2.24) is 15.5 Å². The van der Waals surface area contributed by atoms with Crippen LogP contribution in [0.25, 0.3) is 0 Å². The lowest BCUT2D eigenvalue weighted by molar-refractivity contribution is -0.123. The first kappa shape index (κ1) is 23.0. The van der Waals surface area contributed by atoms with Crippen LogP contribution in [0.4, 0.5) is 0 Å². The van der Waals surface area contributed by atoms with E-state index < -0.39 is 0 Å². The summed E-state index contributed by atoms with van der Waals surface area (Å²) in [6, 6.07) is 15.2. The molecule has 172 valence electrons. The number of carbonyl (C=O) groups is 2. The standard InChI is InChI=1S/C26H35N3O2S/c1-29(2)26(23-10-7-17-32-23)15-13-20(14-16-26)27-24(30)11-6-12-25(31)28-22-18-21(22)19-8-4-3-5-9-19/h3-5,7-10,17,20-22H,6,11-16,18H2,1-2H3,(H,27,30)(H,28,31). The molecule has 5 nitrogen and oxygen atoms in total. The molecule has 0 aliphatic heterocycles. The highest BCUT2D eigenvalue weighted by Gasteiger charge is 2.40. The van der Waals surface area contributed by atoms with Gasteiger partial charge in [-0.3, -0.25) is 14.5 Å². The molecule has 2 atom stereocenters. The van der Waals surface area contributed by atoms with Gasteiger partial charge in [0.25, 0.3) is 0 Å². The van der Waals surface area contributed by atoms with Crippen LogP contribution in [-0.4, -0.2) is 42.9 Å². The summed E-state index contributed by atoms with van der Waals surface area (Å²) in [5.74, 6) is 0.577. The molecule has 2 aliphatic rings. The third-order valence-corrected chi connectivity index (χ3v) is 8.25. The molecule has 0 spiro atoms. The summed E-state index contributed by atoms with van der Waals surface area (Å²) in [5, 5.41) is 8.48. The van der Waals surface area contributed by atoms with E-state index in [9.17, 15) is 9.59 Å². The summed E-state index contributed by atoms with van der Waals surface area (Å²) in [6.45, 7) is 0. The molecule has 0 radical (unpaired) electrons. The average Bonchev–Trinajstić information content (AvgIpc) is 3.31. The molecule has 2 unspecified atom stereocenters. The van der Waals surface area contributed by atoms with Crippen LogP contribution >= 0.6 is 11.3 Å². The molecule has 6 heteroatoms. The lowest BCUT2D eigenvalue weighted by Gasteiger charge is -2.44. The van der Waals surface area contributed by atoms with Crippen LogP contribution in [0.2, 0.25) is 0 Å². The Morgan fingerprint density at radius 1 is 1.00 bits per heavy atom. The Morgan fingerprint density at radius 2 is 1.69 bits per heavy atom. The number of thiophene rings is 1. The van der Waals surface area contributed by atoms with Crippen molar-refractivity contribution >= 4 is 23.2 Å². The Kier molecular flexibility index (Phi) is 7.31. The molecule has 2 aliphatic carbocycles. The average molecular weight is 454 g/mol. The third-order valence-electron chi connectivity index (χ3n) is 7.19. The lowest BCUT2D eigenvalue weighted by Crippen LogP contribution is -2.48. The van der Waals surface area contributed by atoms with E-state index in [0.717, 1.165) is 32.1 Å². The topological polar surface area (TPSA) is 61.4 Å². The number of hydrogen-bond donors (Lipinski definition) is 2. The molecule has 2 fully saturated rings. The van der Waals surface area contributed by atoms with Crippen molar-refractivity contribution in [2.24, 2.45) is 0 Å². The van der Waals surface area contributed by atoms with Gasteiger partial charge in [0.2, 0.25) is 11.8 Å². The number of amides is 2. The molecule has 32 heavy (non-hydrogen) atoms. The predicted octanol–water partition coefficient (Wildman–Crippen LogP) is 4.41. The summed E-state index contributed by atoms with van der Waals surface area (Å²) in [4.78, 5) is 28.4. The van der Waals surface area contributed by atoms with E-state index in [1.165, 1.54) is 10.4 Å².